The van der Waals surface area contributed by atoms with Gasteiger partial charge in [0.2, 0.25) is 0 Å². The largest absolute Gasteiger partial charge is 0.337 e. The van der Waals surface area contributed by atoms with Crippen LogP contribution >= 0.6 is 0 Å². The van der Waals surface area contributed by atoms with Gasteiger partial charge in [0, 0.05) is 38.1 Å². The van der Waals surface area contributed by atoms with E-state index in [0.717, 1.165) is 26.2 Å². The van der Waals surface area contributed by atoms with Crippen molar-refractivity contribution in [1.29, 1.82) is 0 Å². The second-order valence-corrected chi connectivity index (χ2v) is 3.67. The van der Waals surface area contributed by atoms with Gasteiger partial charge in [0.1, 0.15) is 0 Å². The minimum absolute atomic E-state index is 0.424. The van der Waals surface area contributed by atoms with Crippen molar-refractivity contribution in [2.45, 2.75) is 19.0 Å². The Bertz CT molecular complexity index is 238. The number of hydrogen-bond acceptors (Lipinski definition) is 3. The Hall–Kier alpha value is -0.870. The molecular weight excluding hydrogens is 164 g/mol. The molecule has 1 fully saturated rings. The van der Waals surface area contributed by atoms with Crippen LogP contribution in [0, 0.1) is 0 Å². The number of nitrogens with two attached hydrogens (primary N) is 1. The predicted molar refractivity (Wildman–Crippen MR) is 51.3 cm³/mol. The number of imidazole rings is 1. The maximum Gasteiger partial charge on any atom is 0.0945 e. The molecule has 13 heavy (non-hydrogen) atoms. The minimum Gasteiger partial charge on any atom is -0.337 e. The summed E-state index contributed by atoms with van der Waals surface area (Å²) in [5.41, 5.74) is 5.68. The first-order valence-corrected chi connectivity index (χ1v) is 4.78. The van der Waals surface area contributed by atoms with Gasteiger partial charge in [-0.3, -0.25) is 0 Å². The zero-order valence-electron chi connectivity index (χ0n) is 7.76. The van der Waals surface area contributed by atoms with E-state index in [0.29, 0.717) is 6.04 Å². The summed E-state index contributed by atoms with van der Waals surface area (Å²) in [7, 11) is 0. The summed E-state index contributed by atoms with van der Waals surface area (Å²) >= 11 is 0. The summed E-state index contributed by atoms with van der Waals surface area (Å²) in [6.07, 6.45) is 6.87. The van der Waals surface area contributed by atoms with Crippen LogP contribution in [-0.2, 0) is 6.54 Å². The van der Waals surface area contributed by atoms with Crippen molar-refractivity contribution in [1.82, 2.24) is 14.5 Å². The summed E-state index contributed by atoms with van der Waals surface area (Å²) in [5, 5.41) is 0. The van der Waals surface area contributed by atoms with E-state index < -0.39 is 0 Å². The molecule has 2 heterocycles. The maximum absolute atomic E-state index is 5.68. The van der Waals surface area contributed by atoms with Gasteiger partial charge >= 0.3 is 0 Å². The van der Waals surface area contributed by atoms with Gasteiger partial charge in [0.15, 0.2) is 0 Å². The zero-order valence-corrected chi connectivity index (χ0v) is 7.76. The Balaban J connectivity index is 1.59. The van der Waals surface area contributed by atoms with E-state index in [2.05, 4.69) is 14.5 Å². The van der Waals surface area contributed by atoms with Crippen LogP contribution in [-0.4, -0.2) is 40.1 Å². The molecule has 0 amide bonds. The molecule has 0 atom stereocenters. The van der Waals surface area contributed by atoms with Crippen molar-refractivity contribution in [2.24, 2.45) is 5.73 Å². The van der Waals surface area contributed by atoms with Crippen molar-refractivity contribution in [3.8, 4) is 0 Å². The first-order valence-electron chi connectivity index (χ1n) is 4.78. The smallest absolute Gasteiger partial charge is 0.0945 e. The highest BCUT2D eigenvalue weighted by molar-refractivity contribution is 4.82. The van der Waals surface area contributed by atoms with Gasteiger partial charge in [-0.2, -0.15) is 0 Å². The lowest BCUT2D eigenvalue weighted by molar-refractivity contribution is 0.147. The molecule has 72 valence electrons. The van der Waals surface area contributed by atoms with Crippen LogP contribution in [0.1, 0.15) is 6.42 Å². The topological polar surface area (TPSA) is 47.1 Å². The van der Waals surface area contributed by atoms with E-state index in [1.165, 1.54) is 6.42 Å². The highest BCUT2D eigenvalue weighted by Crippen LogP contribution is 2.05. The molecule has 0 bridgehead atoms. The van der Waals surface area contributed by atoms with Gasteiger partial charge in [-0.15, -0.1) is 0 Å². The second kappa shape index (κ2) is 3.89. The molecule has 0 aromatic carbocycles. The Morgan fingerprint density at radius 1 is 1.38 bits per heavy atom. The Morgan fingerprint density at radius 3 is 2.85 bits per heavy atom. The number of hydrogen-bond donors (Lipinski definition) is 1. The molecule has 1 aliphatic heterocycles. The van der Waals surface area contributed by atoms with Crippen LogP contribution in [0.4, 0.5) is 0 Å². The monoisotopic (exact) mass is 180 g/mol. The van der Waals surface area contributed by atoms with E-state index in [1.54, 1.807) is 0 Å². The average molecular weight is 180 g/mol. The molecule has 1 aliphatic rings. The third-order valence-corrected chi connectivity index (χ3v) is 2.44. The molecule has 0 aliphatic carbocycles. The van der Waals surface area contributed by atoms with Crippen molar-refractivity contribution in [3.63, 3.8) is 0 Å². The highest BCUT2D eigenvalue weighted by Gasteiger charge is 2.21. The van der Waals surface area contributed by atoms with Crippen molar-refractivity contribution >= 4 is 0 Å². The van der Waals surface area contributed by atoms with Crippen molar-refractivity contribution < 1.29 is 0 Å². The third-order valence-electron chi connectivity index (χ3n) is 2.44. The van der Waals surface area contributed by atoms with Gasteiger partial charge in [-0.1, -0.05) is 0 Å². The summed E-state index contributed by atoms with van der Waals surface area (Å²) < 4.78 is 2.11. The lowest BCUT2D eigenvalue weighted by atomic mass is 10.1. The molecular formula is C9H16N4. The normalized spacial score (nSPS) is 18.8. The van der Waals surface area contributed by atoms with Crippen molar-refractivity contribution in [2.75, 3.05) is 19.6 Å². The molecule has 0 unspecified atom stereocenters. The van der Waals surface area contributed by atoms with E-state index in [9.17, 15) is 0 Å². The molecule has 2 rings (SSSR count). The number of likely N-dealkylation sites (tertiary alicyclic amines) is 1. The minimum atomic E-state index is 0.424. The lowest BCUT2D eigenvalue weighted by Crippen LogP contribution is -2.55. The maximum atomic E-state index is 5.68. The van der Waals surface area contributed by atoms with E-state index in [4.69, 9.17) is 5.73 Å². The molecule has 0 radical (unpaired) electrons. The predicted octanol–water partition coefficient (Wildman–Crippen LogP) is -0.0839. The third kappa shape index (κ3) is 2.29. The van der Waals surface area contributed by atoms with E-state index >= 15 is 0 Å². The summed E-state index contributed by atoms with van der Waals surface area (Å²) in [5.74, 6) is 0. The van der Waals surface area contributed by atoms with Gasteiger partial charge in [0.25, 0.3) is 0 Å². The SMILES string of the molecule is NC1CN(CCCn2ccnc2)C1. The second-order valence-electron chi connectivity index (χ2n) is 3.67. The van der Waals surface area contributed by atoms with Crippen LogP contribution in [0.15, 0.2) is 18.7 Å². The highest BCUT2D eigenvalue weighted by atomic mass is 15.2. The quantitative estimate of drug-likeness (QED) is 0.704. The van der Waals surface area contributed by atoms with Crippen LogP contribution in [0.2, 0.25) is 0 Å². The first-order chi connectivity index (χ1) is 6.34. The molecule has 4 heteroatoms. The Labute approximate surface area is 78.4 Å². The zero-order chi connectivity index (χ0) is 9.10. The van der Waals surface area contributed by atoms with Crippen molar-refractivity contribution in [3.05, 3.63) is 18.7 Å². The Kier molecular flexibility index (Phi) is 2.61. The number of aryl methyl sites for hydroxylation is 1. The molecule has 1 saturated heterocycles. The fraction of sp³-hybridized carbons (Fsp3) is 0.667. The molecule has 4 nitrogen and oxygen atoms in total. The first kappa shape index (κ1) is 8.72. The Morgan fingerprint density at radius 2 is 2.23 bits per heavy atom. The fourth-order valence-electron chi connectivity index (χ4n) is 1.69. The van der Waals surface area contributed by atoms with E-state index in [1.807, 2.05) is 18.7 Å². The summed E-state index contributed by atoms with van der Waals surface area (Å²) in [6, 6.07) is 0.424. The average Bonchev–Trinajstić information content (AvgIpc) is 2.53. The van der Waals surface area contributed by atoms with Crippen LogP contribution in [0.25, 0.3) is 0 Å². The molecule has 0 saturated carbocycles. The van der Waals surface area contributed by atoms with Crippen LogP contribution < -0.4 is 5.73 Å². The summed E-state index contributed by atoms with van der Waals surface area (Å²) in [4.78, 5) is 6.39. The van der Waals surface area contributed by atoms with Gasteiger partial charge in [-0.05, 0) is 13.0 Å². The van der Waals surface area contributed by atoms with Gasteiger partial charge in [-0.25, -0.2) is 4.98 Å². The van der Waals surface area contributed by atoms with Crippen LogP contribution in [0.5, 0.6) is 0 Å². The number of nitrogens with zero attached hydrogens (tertiary/aromatic N) is 3. The molecule has 1 aromatic rings. The van der Waals surface area contributed by atoms with Crippen LogP contribution in [0.3, 0.4) is 0 Å². The number of aromatic nitrogens is 2. The molecule has 2 N–H and O–H groups in total. The van der Waals surface area contributed by atoms with Gasteiger partial charge < -0.3 is 15.2 Å². The molecule has 1 aromatic heterocycles. The fourth-order valence-corrected chi connectivity index (χ4v) is 1.69. The number of rotatable bonds is 4. The standard InChI is InChI=1S/C9H16N4/c10-9-6-13(7-9)4-1-3-12-5-2-11-8-12/h2,5,8-9H,1,3-4,6-7,10H2. The molecule has 0 spiro atoms. The van der Waals surface area contributed by atoms with E-state index in [-0.39, 0.29) is 0 Å². The lowest BCUT2D eigenvalue weighted by Gasteiger charge is -2.36. The summed E-state index contributed by atoms with van der Waals surface area (Å²) in [6.45, 7) is 4.37. The van der Waals surface area contributed by atoms with Gasteiger partial charge in [0.05, 0.1) is 6.33 Å².